The second-order valence-corrected chi connectivity index (χ2v) is 4.36. The third-order valence-electron chi connectivity index (χ3n) is 2.60. The van der Waals surface area contributed by atoms with Crippen molar-refractivity contribution in [1.29, 1.82) is 0 Å². The molecule has 0 saturated carbocycles. The molecule has 0 radical (unpaired) electrons. The fourth-order valence-corrected chi connectivity index (χ4v) is 1.67. The molecule has 0 amide bonds. The molecular weight excluding hydrogens is 294 g/mol. The summed E-state index contributed by atoms with van der Waals surface area (Å²) >= 11 is 0. The van der Waals surface area contributed by atoms with Gasteiger partial charge in [-0.15, -0.1) is 12.4 Å². The standard InChI is InChI=1S/C12H22N2.BF4.ClH/c1-3-5-6-7-8-9-14-11-10-13(4-2)12-14;2-1(3,4)5;/h4,10-11H,2-3,5-9,12H2,1H3;;1H/q;-1;. The van der Waals surface area contributed by atoms with Gasteiger partial charge in [0.15, 0.2) is 0 Å². The van der Waals surface area contributed by atoms with Gasteiger partial charge in [-0.25, -0.2) is 0 Å². The lowest BCUT2D eigenvalue weighted by molar-refractivity contribution is 0.307. The van der Waals surface area contributed by atoms with Crippen molar-refractivity contribution in [2.45, 2.75) is 39.0 Å². The molecule has 0 aromatic rings. The SMILES string of the molecule is C=CN1C=CN(CCCCCCC)C1.Cl.F[B-](F)(F)F. The van der Waals surface area contributed by atoms with E-state index in [1.54, 1.807) is 0 Å². The highest BCUT2D eigenvalue weighted by molar-refractivity contribution is 6.50. The van der Waals surface area contributed by atoms with Crippen molar-refractivity contribution >= 4 is 19.7 Å². The van der Waals surface area contributed by atoms with Crippen LogP contribution in [0.2, 0.25) is 0 Å². The van der Waals surface area contributed by atoms with Crippen molar-refractivity contribution in [3.05, 3.63) is 25.2 Å². The first kappa shape index (κ1) is 21.5. The fraction of sp³-hybridized carbons (Fsp3) is 0.667. The van der Waals surface area contributed by atoms with Crippen LogP contribution in [-0.2, 0) is 0 Å². The Morgan fingerprint density at radius 2 is 1.65 bits per heavy atom. The second kappa shape index (κ2) is 11.9. The zero-order chi connectivity index (χ0) is 14.7. The molecule has 0 fully saturated rings. The second-order valence-electron chi connectivity index (χ2n) is 4.36. The van der Waals surface area contributed by atoms with E-state index in [-0.39, 0.29) is 12.4 Å². The van der Waals surface area contributed by atoms with E-state index >= 15 is 0 Å². The van der Waals surface area contributed by atoms with Crippen LogP contribution in [0.5, 0.6) is 0 Å². The Bertz CT molecular complexity index is 269. The summed E-state index contributed by atoms with van der Waals surface area (Å²) in [6, 6.07) is 0. The number of hydrogen-bond acceptors (Lipinski definition) is 2. The van der Waals surface area contributed by atoms with Crippen LogP contribution in [0.4, 0.5) is 17.3 Å². The highest BCUT2D eigenvalue weighted by atomic mass is 35.5. The van der Waals surface area contributed by atoms with Crippen LogP contribution >= 0.6 is 12.4 Å². The van der Waals surface area contributed by atoms with E-state index in [9.17, 15) is 17.3 Å². The summed E-state index contributed by atoms with van der Waals surface area (Å²) in [5.74, 6) is 0. The lowest BCUT2D eigenvalue weighted by Gasteiger charge is -2.18. The minimum absolute atomic E-state index is 0. The molecule has 0 aromatic carbocycles. The van der Waals surface area contributed by atoms with Gasteiger partial charge in [0.05, 0.1) is 6.67 Å². The van der Waals surface area contributed by atoms with Gasteiger partial charge in [0.2, 0.25) is 0 Å². The molecule has 0 aromatic heterocycles. The van der Waals surface area contributed by atoms with E-state index in [1.165, 1.54) is 38.6 Å². The maximum Gasteiger partial charge on any atom is 0.673 e. The molecule has 0 N–H and O–H groups in total. The van der Waals surface area contributed by atoms with Gasteiger partial charge in [-0.1, -0.05) is 39.2 Å². The molecule has 1 aliphatic heterocycles. The summed E-state index contributed by atoms with van der Waals surface area (Å²) in [7, 11) is -6.00. The van der Waals surface area contributed by atoms with Crippen molar-refractivity contribution < 1.29 is 17.3 Å². The van der Waals surface area contributed by atoms with Crippen LogP contribution in [0.3, 0.4) is 0 Å². The monoisotopic (exact) mass is 317 g/mol. The molecule has 2 nitrogen and oxygen atoms in total. The van der Waals surface area contributed by atoms with E-state index in [2.05, 4.69) is 35.7 Å². The lowest BCUT2D eigenvalue weighted by Crippen LogP contribution is -2.22. The summed E-state index contributed by atoms with van der Waals surface area (Å²) in [5.41, 5.74) is 0. The van der Waals surface area contributed by atoms with Crippen molar-refractivity contribution in [1.82, 2.24) is 9.80 Å². The third kappa shape index (κ3) is 15.2. The Kier molecular flexibility index (Phi) is 12.8. The number of nitrogens with zero attached hydrogens (tertiary/aromatic N) is 2. The summed E-state index contributed by atoms with van der Waals surface area (Å²) in [6.07, 6.45) is 12.9. The number of halogens is 5. The van der Waals surface area contributed by atoms with E-state index < -0.39 is 7.25 Å². The zero-order valence-electron chi connectivity index (χ0n) is 11.8. The predicted octanol–water partition coefficient (Wildman–Crippen LogP) is 4.87. The van der Waals surface area contributed by atoms with Crippen LogP contribution in [0, 0.1) is 0 Å². The zero-order valence-corrected chi connectivity index (χ0v) is 12.6. The van der Waals surface area contributed by atoms with Crippen LogP contribution in [0.15, 0.2) is 25.2 Å². The first-order valence-corrected chi connectivity index (χ1v) is 6.54. The molecule has 0 unspecified atom stereocenters. The number of hydrogen-bond donors (Lipinski definition) is 0. The molecule has 1 aliphatic rings. The Labute approximate surface area is 125 Å². The lowest BCUT2D eigenvalue weighted by atomic mass is 10.1. The van der Waals surface area contributed by atoms with Gasteiger partial charge in [-0.2, -0.15) is 0 Å². The van der Waals surface area contributed by atoms with Crippen LogP contribution in [-0.4, -0.2) is 30.3 Å². The Morgan fingerprint density at radius 1 is 1.10 bits per heavy atom. The summed E-state index contributed by atoms with van der Waals surface area (Å²) in [4.78, 5) is 4.44. The summed E-state index contributed by atoms with van der Waals surface area (Å²) in [6.45, 7) is 8.17. The quantitative estimate of drug-likeness (QED) is 0.375. The molecule has 0 saturated heterocycles. The van der Waals surface area contributed by atoms with E-state index in [4.69, 9.17) is 0 Å². The van der Waals surface area contributed by atoms with Crippen LogP contribution < -0.4 is 0 Å². The highest BCUT2D eigenvalue weighted by Gasteiger charge is 2.20. The maximum absolute atomic E-state index is 9.75. The normalized spacial score (nSPS) is 13.7. The van der Waals surface area contributed by atoms with Gasteiger partial charge in [0, 0.05) is 18.9 Å². The Balaban J connectivity index is 0. The molecule has 1 heterocycles. The molecule has 20 heavy (non-hydrogen) atoms. The smallest absolute Gasteiger partial charge is 0.418 e. The van der Waals surface area contributed by atoms with Crippen molar-refractivity contribution in [3.63, 3.8) is 0 Å². The summed E-state index contributed by atoms with van der Waals surface area (Å²) in [5, 5.41) is 0. The molecule has 0 bridgehead atoms. The third-order valence-corrected chi connectivity index (χ3v) is 2.60. The first-order chi connectivity index (χ1) is 8.86. The minimum atomic E-state index is -6.00. The molecular formula is C12H23BClF4N2-. The van der Waals surface area contributed by atoms with Crippen molar-refractivity contribution in [2.75, 3.05) is 13.2 Å². The van der Waals surface area contributed by atoms with Crippen LogP contribution in [0.25, 0.3) is 0 Å². The first-order valence-electron chi connectivity index (χ1n) is 6.54. The largest absolute Gasteiger partial charge is 0.673 e. The number of unbranched alkanes of at least 4 members (excludes halogenated alkanes) is 4. The number of rotatable bonds is 7. The molecule has 120 valence electrons. The van der Waals surface area contributed by atoms with Gasteiger partial charge in [-0.05, 0) is 12.6 Å². The van der Waals surface area contributed by atoms with Crippen LogP contribution in [0.1, 0.15) is 39.0 Å². The highest BCUT2D eigenvalue weighted by Crippen LogP contribution is 2.09. The van der Waals surface area contributed by atoms with E-state index in [0.29, 0.717) is 0 Å². The Morgan fingerprint density at radius 3 is 2.10 bits per heavy atom. The average Bonchev–Trinajstić information content (AvgIpc) is 2.74. The van der Waals surface area contributed by atoms with Crippen molar-refractivity contribution in [3.8, 4) is 0 Å². The van der Waals surface area contributed by atoms with Crippen molar-refractivity contribution in [2.24, 2.45) is 0 Å². The average molecular weight is 318 g/mol. The van der Waals surface area contributed by atoms with Gasteiger partial charge >= 0.3 is 7.25 Å². The van der Waals surface area contributed by atoms with Gasteiger partial charge in [0.1, 0.15) is 0 Å². The molecule has 0 spiro atoms. The van der Waals surface area contributed by atoms with Gasteiger partial charge in [0.25, 0.3) is 0 Å². The van der Waals surface area contributed by atoms with Gasteiger partial charge in [-0.3, -0.25) is 0 Å². The molecule has 8 heteroatoms. The maximum atomic E-state index is 9.75. The minimum Gasteiger partial charge on any atom is -0.418 e. The summed E-state index contributed by atoms with van der Waals surface area (Å²) < 4.78 is 39.0. The molecule has 0 aliphatic carbocycles. The van der Waals surface area contributed by atoms with E-state index in [1.807, 2.05) is 6.20 Å². The Hall–Kier alpha value is -0.845. The fourth-order valence-electron chi connectivity index (χ4n) is 1.67. The topological polar surface area (TPSA) is 6.48 Å². The molecule has 0 atom stereocenters. The van der Waals surface area contributed by atoms with E-state index in [0.717, 1.165) is 6.67 Å². The van der Waals surface area contributed by atoms with Gasteiger partial charge < -0.3 is 27.1 Å². The predicted molar refractivity (Wildman–Crippen MR) is 78.9 cm³/mol. The molecule has 1 rings (SSSR count).